The van der Waals surface area contributed by atoms with Gasteiger partial charge in [0.15, 0.2) is 5.16 Å². The highest BCUT2D eigenvalue weighted by Crippen LogP contribution is 2.32. The summed E-state index contributed by atoms with van der Waals surface area (Å²) in [4.78, 5) is 15.7. The third-order valence-electron chi connectivity index (χ3n) is 2.11. The number of rotatable bonds is 4. The van der Waals surface area contributed by atoms with E-state index in [1.54, 1.807) is 0 Å². The van der Waals surface area contributed by atoms with Crippen LogP contribution in [0.1, 0.15) is 10.8 Å². The minimum Gasteiger partial charge on any atom is -0.293 e. The summed E-state index contributed by atoms with van der Waals surface area (Å²) in [6.45, 7) is 0. The van der Waals surface area contributed by atoms with Crippen molar-refractivity contribution in [3.05, 3.63) is 42.2 Å². The Hall–Kier alpha value is -1.86. The van der Waals surface area contributed by atoms with Crippen molar-refractivity contribution in [2.45, 2.75) is 10.4 Å². The van der Waals surface area contributed by atoms with Crippen LogP contribution in [-0.4, -0.2) is 21.1 Å². The lowest BCUT2D eigenvalue weighted by molar-refractivity contribution is -0.120. The van der Waals surface area contributed by atoms with E-state index in [0.717, 1.165) is 5.56 Å². The molecule has 0 fully saturated rings. The van der Waals surface area contributed by atoms with Crippen LogP contribution < -0.4 is 11.3 Å². The van der Waals surface area contributed by atoms with Crippen LogP contribution in [0.4, 0.5) is 0 Å². The van der Waals surface area contributed by atoms with Crippen LogP contribution >= 0.6 is 11.8 Å². The normalized spacial score (nSPS) is 12.1. The quantitative estimate of drug-likeness (QED) is 0.319. The number of carbonyl (C=O) groups excluding carboxylic acids is 1. The molecule has 1 atom stereocenters. The Balaban J connectivity index is 2.23. The Labute approximate surface area is 102 Å². The molecule has 0 saturated heterocycles. The van der Waals surface area contributed by atoms with E-state index in [0.29, 0.717) is 5.16 Å². The van der Waals surface area contributed by atoms with E-state index in [9.17, 15) is 4.79 Å². The molecule has 6 nitrogen and oxygen atoms in total. The summed E-state index contributed by atoms with van der Waals surface area (Å²) in [5.41, 5.74) is 3.01. The smallest absolute Gasteiger partial charge is 0.251 e. The number of nitrogens with zero attached hydrogens (tertiary/aromatic N) is 2. The largest absolute Gasteiger partial charge is 0.293 e. The van der Waals surface area contributed by atoms with Crippen molar-refractivity contribution in [2.24, 2.45) is 5.84 Å². The number of hydrazine groups is 1. The number of amides is 1. The summed E-state index contributed by atoms with van der Waals surface area (Å²) in [7, 11) is 0. The van der Waals surface area contributed by atoms with Gasteiger partial charge in [-0.1, -0.05) is 42.1 Å². The fourth-order valence-electron chi connectivity index (χ4n) is 1.34. The fraction of sp³-hybridized carbons (Fsp3) is 0.100. The molecule has 2 aromatic rings. The number of nitrogens with two attached hydrogens (primary N) is 1. The van der Waals surface area contributed by atoms with Crippen LogP contribution in [0.25, 0.3) is 0 Å². The van der Waals surface area contributed by atoms with Crippen molar-refractivity contribution >= 4 is 17.7 Å². The van der Waals surface area contributed by atoms with Crippen LogP contribution in [0.2, 0.25) is 0 Å². The first-order valence-corrected chi connectivity index (χ1v) is 5.76. The lowest BCUT2D eigenvalue weighted by atomic mass is 10.1. The number of aromatic amines is 1. The number of aromatic nitrogens is 3. The second-order valence-corrected chi connectivity index (χ2v) is 4.30. The maximum atomic E-state index is 11.7. The molecular formula is C10H11N5OS. The zero-order valence-corrected chi connectivity index (χ0v) is 9.65. The van der Waals surface area contributed by atoms with Crippen LogP contribution in [0.3, 0.4) is 0 Å². The van der Waals surface area contributed by atoms with Gasteiger partial charge in [-0.15, -0.1) is 0 Å². The maximum absolute atomic E-state index is 11.7. The molecule has 0 aliphatic carbocycles. The van der Waals surface area contributed by atoms with Crippen LogP contribution in [0.15, 0.2) is 41.8 Å². The average molecular weight is 249 g/mol. The molecule has 1 aromatic heterocycles. The Bertz CT molecular complexity index is 473. The highest BCUT2D eigenvalue weighted by atomic mass is 32.2. The van der Waals surface area contributed by atoms with Gasteiger partial charge >= 0.3 is 0 Å². The summed E-state index contributed by atoms with van der Waals surface area (Å²) in [5, 5.41) is 6.55. The standard InChI is InChI=1S/C10H11N5OS/c11-14-9(16)8(7-4-2-1-3-5-7)17-10-12-6-13-15-10/h1-6,8H,11H2,(H,14,16)(H,12,13,15). The minimum absolute atomic E-state index is 0.280. The third kappa shape index (κ3) is 2.83. The monoisotopic (exact) mass is 249 g/mol. The van der Waals surface area contributed by atoms with E-state index >= 15 is 0 Å². The van der Waals surface area contributed by atoms with Crippen molar-refractivity contribution in [3.8, 4) is 0 Å². The zero-order valence-electron chi connectivity index (χ0n) is 8.83. The molecule has 17 heavy (non-hydrogen) atoms. The molecule has 1 heterocycles. The van der Waals surface area contributed by atoms with Gasteiger partial charge in [-0.25, -0.2) is 10.8 Å². The van der Waals surface area contributed by atoms with Crippen LogP contribution in [0.5, 0.6) is 0 Å². The molecular weight excluding hydrogens is 238 g/mol. The van der Waals surface area contributed by atoms with Crippen LogP contribution in [-0.2, 0) is 4.79 Å². The van der Waals surface area contributed by atoms with Crippen molar-refractivity contribution < 1.29 is 4.79 Å². The molecule has 0 saturated carbocycles. The number of benzene rings is 1. The van der Waals surface area contributed by atoms with Crippen molar-refractivity contribution in [2.75, 3.05) is 0 Å². The lowest BCUT2D eigenvalue weighted by Gasteiger charge is -2.13. The van der Waals surface area contributed by atoms with Crippen molar-refractivity contribution in [3.63, 3.8) is 0 Å². The molecule has 2 rings (SSSR count). The second-order valence-electron chi connectivity index (χ2n) is 3.21. The SMILES string of the molecule is NNC(=O)C(Sc1ncn[nH]1)c1ccccc1. The summed E-state index contributed by atoms with van der Waals surface area (Å²) in [6.07, 6.45) is 1.39. The maximum Gasteiger partial charge on any atom is 0.251 e. The lowest BCUT2D eigenvalue weighted by Crippen LogP contribution is -2.33. The number of thioether (sulfide) groups is 1. The first-order valence-electron chi connectivity index (χ1n) is 4.88. The average Bonchev–Trinajstić information content (AvgIpc) is 2.89. The Morgan fingerprint density at radius 2 is 2.18 bits per heavy atom. The Morgan fingerprint density at radius 1 is 1.41 bits per heavy atom. The molecule has 4 N–H and O–H groups in total. The topological polar surface area (TPSA) is 96.7 Å². The molecule has 0 radical (unpaired) electrons. The Kier molecular flexibility index (Phi) is 3.73. The molecule has 0 aliphatic rings. The van der Waals surface area contributed by atoms with Gasteiger partial charge in [-0.05, 0) is 5.56 Å². The van der Waals surface area contributed by atoms with Gasteiger partial charge in [0.2, 0.25) is 0 Å². The van der Waals surface area contributed by atoms with Gasteiger partial charge in [0.25, 0.3) is 5.91 Å². The van der Waals surface area contributed by atoms with E-state index < -0.39 is 5.25 Å². The van der Waals surface area contributed by atoms with Gasteiger partial charge in [0, 0.05) is 0 Å². The fourth-order valence-corrected chi connectivity index (χ4v) is 2.24. The Morgan fingerprint density at radius 3 is 2.76 bits per heavy atom. The number of H-pyrrole nitrogens is 1. The molecule has 0 spiro atoms. The predicted octanol–water partition coefficient (Wildman–Crippen LogP) is 0.628. The van der Waals surface area contributed by atoms with E-state index in [4.69, 9.17) is 5.84 Å². The first kappa shape index (κ1) is 11.6. The number of nitrogens with one attached hydrogen (secondary N) is 2. The molecule has 0 bridgehead atoms. The highest BCUT2D eigenvalue weighted by molar-refractivity contribution is 8.00. The number of hydrogen-bond donors (Lipinski definition) is 3. The van der Waals surface area contributed by atoms with Gasteiger partial charge in [0.05, 0.1) is 0 Å². The van der Waals surface area contributed by atoms with Gasteiger partial charge in [-0.2, -0.15) is 5.10 Å². The zero-order chi connectivity index (χ0) is 12.1. The van der Waals surface area contributed by atoms with Gasteiger partial charge < -0.3 is 0 Å². The molecule has 7 heteroatoms. The third-order valence-corrected chi connectivity index (χ3v) is 3.25. The summed E-state index contributed by atoms with van der Waals surface area (Å²) in [5.74, 6) is 4.90. The van der Waals surface area contributed by atoms with E-state index in [1.165, 1.54) is 18.1 Å². The minimum atomic E-state index is -0.450. The summed E-state index contributed by atoms with van der Waals surface area (Å²) >= 11 is 1.26. The van der Waals surface area contributed by atoms with E-state index in [-0.39, 0.29) is 5.91 Å². The van der Waals surface area contributed by atoms with Crippen molar-refractivity contribution in [1.29, 1.82) is 0 Å². The van der Waals surface area contributed by atoms with Crippen LogP contribution in [0, 0.1) is 0 Å². The van der Waals surface area contributed by atoms with E-state index in [1.807, 2.05) is 30.3 Å². The predicted molar refractivity (Wildman–Crippen MR) is 63.8 cm³/mol. The summed E-state index contributed by atoms with van der Waals surface area (Å²) < 4.78 is 0. The van der Waals surface area contributed by atoms with Gasteiger partial charge in [0.1, 0.15) is 11.6 Å². The number of carbonyl (C=O) groups is 1. The van der Waals surface area contributed by atoms with Crippen molar-refractivity contribution in [1.82, 2.24) is 20.6 Å². The first-order chi connectivity index (χ1) is 8.31. The molecule has 1 aromatic carbocycles. The van der Waals surface area contributed by atoms with Gasteiger partial charge in [-0.3, -0.25) is 15.3 Å². The second kappa shape index (κ2) is 5.46. The highest BCUT2D eigenvalue weighted by Gasteiger charge is 2.22. The molecule has 1 unspecified atom stereocenters. The molecule has 1 amide bonds. The molecule has 0 aliphatic heterocycles. The summed E-state index contributed by atoms with van der Waals surface area (Å²) in [6, 6.07) is 9.35. The van der Waals surface area contributed by atoms with E-state index in [2.05, 4.69) is 20.6 Å². The number of hydrogen-bond acceptors (Lipinski definition) is 5. The molecule has 88 valence electrons.